The van der Waals surface area contributed by atoms with Crippen LogP contribution in [0.4, 0.5) is 0 Å². The summed E-state index contributed by atoms with van der Waals surface area (Å²) in [4.78, 5) is 46.1. The fourth-order valence-electron chi connectivity index (χ4n) is 1.84. The maximum absolute atomic E-state index is 11.9. The summed E-state index contributed by atoms with van der Waals surface area (Å²) >= 11 is 0. The van der Waals surface area contributed by atoms with Crippen molar-refractivity contribution in [1.29, 1.82) is 0 Å². The molecule has 7 nitrogen and oxygen atoms in total. The molecule has 2 rings (SSSR count). The van der Waals surface area contributed by atoms with Crippen molar-refractivity contribution < 1.29 is 14.4 Å². The topological polar surface area (TPSA) is 97.3 Å². The number of piperidine rings is 1. The van der Waals surface area contributed by atoms with Gasteiger partial charge >= 0.3 is 0 Å². The van der Waals surface area contributed by atoms with Crippen molar-refractivity contribution >= 4 is 17.7 Å². The van der Waals surface area contributed by atoms with Crippen molar-refractivity contribution in [2.75, 3.05) is 0 Å². The van der Waals surface area contributed by atoms with Crippen LogP contribution < -0.4 is 16.2 Å². The molecule has 7 heteroatoms. The molecule has 2 N–H and O–H groups in total. The summed E-state index contributed by atoms with van der Waals surface area (Å²) in [6, 6.07) is 2.18. The molecule has 0 radical (unpaired) electrons. The molecule has 0 aromatic carbocycles. The van der Waals surface area contributed by atoms with E-state index in [0.29, 0.717) is 0 Å². The van der Waals surface area contributed by atoms with Gasteiger partial charge in [0.1, 0.15) is 11.6 Å². The van der Waals surface area contributed by atoms with Gasteiger partial charge in [-0.05, 0) is 18.6 Å². The lowest BCUT2D eigenvalue weighted by atomic mass is 10.1. The molecule has 0 saturated carbocycles. The molecule has 0 bridgehead atoms. The van der Waals surface area contributed by atoms with Gasteiger partial charge in [-0.1, -0.05) is 0 Å². The highest BCUT2D eigenvalue weighted by Gasteiger charge is 2.28. The Hall–Kier alpha value is -2.44. The number of aryl methyl sites for hydroxylation is 1. The van der Waals surface area contributed by atoms with Crippen molar-refractivity contribution in [3.05, 3.63) is 34.2 Å². The van der Waals surface area contributed by atoms with Crippen LogP contribution in [-0.4, -0.2) is 28.3 Å². The average molecular weight is 263 g/mol. The molecule has 0 spiro atoms. The first kappa shape index (κ1) is 13.0. The van der Waals surface area contributed by atoms with Crippen LogP contribution in [0.2, 0.25) is 0 Å². The first-order valence-corrected chi connectivity index (χ1v) is 5.79. The number of rotatable bonds is 2. The minimum Gasteiger partial charge on any atom is -0.340 e. The quantitative estimate of drug-likeness (QED) is 0.663. The fourth-order valence-corrected chi connectivity index (χ4v) is 1.84. The number of aromatic nitrogens is 1. The minimum absolute atomic E-state index is 0.0327. The van der Waals surface area contributed by atoms with Gasteiger partial charge in [0, 0.05) is 19.7 Å². The second-order valence-electron chi connectivity index (χ2n) is 4.32. The molecule has 19 heavy (non-hydrogen) atoms. The Morgan fingerprint density at radius 1 is 1.42 bits per heavy atom. The lowest BCUT2D eigenvalue weighted by Crippen LogP contribution is -2.52. The fraction of sp³-hybridized carbons (Fsp3) is 0.333. The Balaban J connectivity index is 2.13. The van der Waals surface area contributed by atoms with E-state index in [1.165, 1.54) is 23.9 Å². The van der Waals surface area contributed by atoms with Crippen LogP contribution in [0.5, 0.6) is 0 Å². The molecule has 0 aliphatic carbocycles. The third-order valence-electron chi connectivity index (χ3n) is 2.91. The number of nitrogens with zero attached hydrogens (tertiary/aromatic N) is 1. The highest BCUT2D eigenvalue weighted by Crippen LogP contribution is 2.05. The van der Waals surface area contributed by atoms with Gasteiger partial charge < -0.3 is 9.88 Å². The number of pyridine rings is 1. The van der Waals surface area contributed by atoms with Crippen LogP contribution in [0.3, 0.4) is 0 Å². The molecule has 1 aromatic heterocycles. The van der Waals surface area contributed by atoms with Gasteiger partial charge in [-0.15, -0.1) is 0 Å². The number of nitrogens with one attached hydrogen (secondary N) is 2. The molecule has 1 fully saturated rings. The van der Waals surface area contributed by atoms with Crippen LogP contribution >= 0.6 is 0 Å². The molecule has 100 valence electrons. The van der Waals surface area contributed by atoms with Gasteiger partial charge in [0.25, 0.3) is 11.5 Å². The summed E-state index contributed by atoms with van der Waals surface area (Å²) in [7, 11) is 1.53. The van der Waals surface area contributed by atoms with Crippen LogP contribution in [0, 0.1) is 0 Å². The maximum atomic E-state index is 11.9. The van der Waals surface area contributed by atoms with Crippen molar-refractivity contribution in [1.82, 2.24) is 15.2 Å². The summed E-state index contributed by atoms with van der Waals surface area (Å²) in [5, 5.41) is 4.59. The van der Waals surface area contributed by atoms with E-state index < -0.39 is 23.4 Å². The first-order valence-electron chi connectivity index (χ1n) is 5.79. The van der Waals surface area contributed by atoms with E-state index >= 15 is 0 Å². The van der Waals surface area contributed by atoms with E-state index in [2.05, 4.69) is 10.6 Å². The molecule has 1 aliphatic rings. The van der Waals surface area contributed by atoms with E-state index in [0.717, 1.165) is 0 Å². The van der Waals surface area contributed by atoms with E-state index in [-0.39, 0.29) is 24.3 Å². The second-order valence-corrected chi connectivity index (χ2v) is 4.32. The van der Waals surface area contributed by atoms with Crippen molar-refractivity contribution in [2.45, 2.75) is 18.9 Å². The highest BCUT2D eigenvalue weighted by atomic mass is 16.2. The second kappa shape index (κ2) is 5.05. The zero-order valence-corrected chi connectivity index (χ0v) is 10.3. The third kappa shape index (κ3) is 2.70. The average Bonchev–Trinajstić information content (AvgIpc) is 2.36. The SMILES string of the molecule is Cn1cccc(C(=O)NC2CCC(=O)NC2=O)c1=O. The van der Waals surface area contributed by atoms with Gasteiger partial charge in [0.2, 0.25) is 11.8 Å². The zero-order valence-electron chi connectivity index (χ0n) is 10.3. The molecular weight excluding hydrogens is 250 g/mol. The van der Waals surface area contributed by atoms with Crippen LogP contribution in [0.15, 0.2) is 23.1 Å². The predicted octanol–water partition coefficient (Wildman–Crippen LogP) is -1.08. The largest absolute Gasteiger partial charge is 0.340 e. The normalized spacial score (nSPS) is 18.9. The lowest BCUT2D eigenvalue weighted by Gasteiger charge is -2.21. The molecule has 3 amide bonds. The first-order chi connectivity index (χ1) is 8.99. The zero-order chi connectivity index (χ0) is 14.0. The molecule has 1 unspecified atom stereocenters. The smallest absolute Gasteiger partial charge is 0.263 e. The Morgan fingerprint density at radius 2 is 2.16 bits per heavy atom. The standard InChI is InChI=1S/C12H13N3O4/c1-15-6-2-3-7(12(15)19)10(17)13-8-4-5-9(16)14-11(8)18/h2-3,6,8H,4-5H2,1H3,(H,13,17)(H,14,16,18). The Labute approximate surface area is 108 Å². The monoisotopic (exact) mass is 263 g/mol. The van der Waals surface area contributed by atoms with Crippen molar-refractivity contribution in [3.8, 4) is 0 Å². The molecule has 1 aromatic rings. The van der Waals surface area contributed by atoms with Gasteiger partial charge in [-0.2, -0.15) is 0 Å². The lowest BCUT2D eigenvalue weighted by molar-refractivity contribution is -0.134. The molecular formula is C12H13N3O4. The summed E-state index contributed by atoms with van der Waals surface area (Å²) in [5.41, 5.74) is -0.470. The van der Waals surface area contributed by atoms with Gasteiger partial charge in [0.15, 0.2) is 0 Å². The van der Waals surface area contributed by atoms with E-state index in [1.807, 2.05) is 0 Å². The summed E-state index contributed by atoms with van der Waals surface area (Å²) in [6.07, 6.45) is 1.94. The Bertz CT molecular complexity index is 605. The Kier molecular flexibility index (Phi) is 3.46. The van der Waals surface area contributed by atoms with Crippen molar-refractivity contribution in [2.24, 2.45) is 7.05 Å². The van der Waals surface area contributed by atoms with Crippen LogP contribution in [0.25, 0.3) is 0 Å². The molecule has 2 heterocycles. The van der Waals surface area contributed by atoms with E-state index in [4.69, 9.17) is 0 Å². The number of amides is 3. The molecule has 1 atom stereocenters. The summed E-state index contributed by atoms with van der Waals surface area (Å²) < 4.78 is 1.28. The van der Waals surface area contributed by atoms with Gasteiger partial charge in [0.05, 0.1) is 0 Å². The number of carbonyl (C=O) groups is 3. The summed E-state index contributed by atoms with van der Waals surface area (Å²) in [6.45, 7) is 0. The van der Waals surface area contributed by atoms with E-state index in [9.17, 15) is 19.2 Å². The van der Waals surface area contributed by atoms with Gasteiger partial charge in [-0.3, -0.25) is 24.5 Å². The number of imide groups is 1. The number of hydrogen-bond acceptors (Lipinski definition) is 4. The number of carbonyl (C=O) groups excluding carboxylic acids is 3. The number of hydrogen-bond donors (Lipinski definition) is 2. The summed E-state index contributed by atoms with van der Waals surface area (Å²) in [5.74, 6) is -1.51. The third-order valence-corrected chi connectivity index (χ3v) is 2.91. The van der Waals surface area contributed by atoms with Crippen molar-refractivity contribution in [3.63, 3.8) is 0 Å². The van der Waals surface area contributed by atoms with E-state index in [1.54, 1.807) is 6.07 Å². The maximum Gasteiger partial charge on any atom is 0.263 e. The van der Waals surface area contributed by atoms with Gasteiger partial charge in [-0.25, -0.2) is 0 Å². The minimum atomic E-state index is -0.782. The highest BCUT2D eigenvalue weighted by molar-refractivity contribution is 6.03. The molecule has 1 saturated heterocycles. The molecule has 1 aliphatic heterocycles. The van der Waals surface area contributed by atoms with Crippen LogP contribution in [0.1, 0.15) is 23.2 Å². The van der Waals surface area contributed by atoms with Crippen LogP contribution in [-0.2, 0) is 16.6 Å². The Morgan fingerprint density at radius 3 is 2.84 bits per heavy atom. The predicted molar refractivity (Wildman–Crippen MR) is 65.3 cm³/mol.